The second-order valence-corrected chi connectivity index (χ2v) is 6.10. The molecule has 1 N–H and O–H groups in total. The Labute approximate surface area is 127 Å². The molecule has 1 aromatic carbocycles. The van der Waals surface area contributed by atoms with Gasteiger partial charge in [0.15, 0.2) is 5.78 Å². The molecule has 0 bridgehead atoms. The third-order valence-electron chi connectivity index (χ3n) is 3.71. The molecule has 2 heteroatoms. The Morgan fingerprint density at radius 1 is 0.952 bits per heavy atom. The first kappa shape index (κ1) is 15.3. The highest BCUT2D eigenvalue weighted by molar-refractivity contribution is 6.08. The summed E-state index contributed by atoms with van der Waals surface area (Å²) in [6, 6.07) is 8.36. The number of carbonyl (C=O) groups excluding carboxylic acids is 1. The zero-order chi connectivity index (χ0) is 15.6. The molecule has 0 spiro atoms. The van der Waals surface area contributed by atoms with Crippen LogP contribution >= 0.6 is 0 Å². The van der Waals surface area contributed by atoms with E-state index in [1.165, 1.54) is 5.56 Å². The normalized spacial score (nSPS) is 15.3. The van der Waals surface area contributed by atoms with Gasteiger partial charge in [0.1, 0.15) is 0 Å². The van der Waals surface area contributed by atoms with Crippen LogP contribution < -0.4 is 5.32 Å². The van der Waals surface area contributed by atoms with E-state index in [1.807, 2.05) is 6.08 Å². The maximum atomic E-state index is 11.8. The predicted octanol–water partition coefficient (Wildman–Crippen LogP) is 4.83. The number of carbonyl (C=O) groups is 1. The Balaban J connectivity index is 2.24. The van der Waals surface area contributed by atoms with Gasteiger partial charge >= 0.3 is 0 Å². The molecule has 0 atom stereocenters. The minimum atomic E-state index is -0.0271. The molecule has 0 fully saturated rings. The summed E-state index contributed by atoms with van der Waals surface area (Å²) >= 11 is 0. The number of hydrogen-bond acceptors (Lipinski definition) is 2. The van der Waals surface area contributed by atoms with Crippen molar-refractivity contribution in [3.63, 3.8) is 0 Å². The van der Waals surface area contributed by atoms with Gasteiger partial charge in [-0.25, -0.2) is 0 Å². The summed E-state index contributed by atoms with van der Waals surface area (Å²) in [7, 11) is 0. The lowest BCUT2D eigenvalue weighted by Gasteiger charge is -2.21. The average molecular weight is 281 g/mol. The van der Waals surface area contributed by atoms with Gasteiger partial charge in [0, 0.05) is 23.0 Å². The van der Waals surface area contributed by atoms with Crippen molar-refractivity contribution in [2.24, 2.45) is 5.92 Å². The van der Waals surface area contributed by atoms with E-state index in [4.69, 9.17) is 0 Å². The lowest BCUT2D eigenvalue weighted by molar-refractivity contribution is -0.111. The maximum Gasteiger partial charge on any atom is 0.187 e. The Hall–Kier alpha value is -2.09. The average Bonchev–Trinajstić information content (AvgIpc) is 2.43. The summed E-state index contributed by atoms with van der Waals surface area (Å²) in [5.41, 5.74) is 4.85. The molecule has 0 amide bonds. The van der Waals surface area contributed by atoms with E-state index in [0.717, 1.165) is 17.0 Å². The van der Waals surface area contributed by atoms with Crippen molar-refractivity contribution in [1.29, 1.82) is 0 Å². The molecule has 2 rings (SSSR count). The molecule has 2 nitrogen and oxygen atoms in total. The van der Waals surface area contributed by atoms with Crippen LogP contribution in [0.4, 0.5) is 5.69 Å². The Kier molecular flexibility index (Phi) is 4.46. The molecular weight excluding hydrogens is 258 g/mol. The van der Waals surface area contributed by atoms with Crippen LogP contribution in [-0.4, -0.2) is 5.78 Å². The van der Waals surface area contributed by atoms with Gasteiger partial charge in [-0.1, -0.05) is 46.4 Å². The van der Waals surface area contributed by atoms with Crippen molar-refractivity contribution in [2.75, 3.05) is 5.32 Å². The largest absolute Gasteiger partial charge is 0.355 e. The fourth-order valence-electron chi connectivity index (χ4n) is 2.34. The van der Waals surface area contributed by atoms with Crippen LogP contribution in [0.5, 0.6) is 0 Å². The van der Waals surface area contributed by atoms with E-state index < -0.39 is 0 Å². The number of nitrogens with one attached hydrogen (secondary N) is 1. The molecule has 0 heterocycles. The fraction of sp³-hybridized carbons (Fsp3) is 0.316. The van der Waals surface area contributed by atoms with E-state index in [0.29, 0.717) is 17.4 Å². The van der Waals surface area contributed by atoms with Gasteiger partial charge in [-0.05, 0) is 41.2 Å². The van der Waals surface area contributed by atoms with Crippen molar-refractivity contribution in [1.82, 2.24) is 0 Å². The van der Waals surface area contributed by atoms with Crippen molar-refractivity contribution in [3.05, 3.63) is 65.4 Å². The fourth-order valence-corrected chi connectivity index (χ4v) is 2.34. The molecule has 0 saturated carbocycles. The first-order valence-corrected chi connectivity index (χ1v) is 7.42. The van der Waals surface area contributed by atoms with Crippen LogP contribution in [0.3, 0.4) is 0 Å². The number of benzene rings is 1. The lowest BCUT2D eigenvalue weighted by Crippen LogP contribution is -2.15. The highest BCUT2D eigenvalue weighted by Crippen LogP contribution is 2.27. The first-order valence-electron chi connectivity index (χ1n) is 7.42. The number of ketones is 1. The zero-order valence-electron chi connectivity index (χ0n) is 13.2. The highest BCUT2D eigenvalue weighted by atomic mass is 16.1. The molecule has 1 aliphatic carbocycles. The molecule has 0 saturated heterocycles. The number of allylic oxidation sites excluding steroid dienone is 4. The SMILES string of the molecule is C=C1C=C(C(C)C)C(Nc2ccc(C(C)C)cc2)=CC1=O. The van der Waals surface area contributed by atoms with E-state index in [2.05, 4.69) is 63.9 Å². The standard InChI is InChI=1S/C19H23NO/c1-12(2)15-6-8-16(9-7-15)20-18-11-19(21)14(5)10-17(18)13(3)4/h6-13,20H,5H2,1-4H3. The molecule has 0 aromatic heterocycles. The minimum Gasteiger partial charge on any atom is -0.355 e. The van der Waals surface area contributed by atoms with Crippen LogP contribution in [0.15, 0.2) is 59.8 Å². The van der Waals surface area contributed by atoms with Gasteiger partial charge < -0.3 is 5.32 Å². The van der Waals surface area contributed by atoms with Gasteiger partial charge in [0.25, 0.3) is 0 Å². The molecule has 0 aliphatic heterocycles. The van der Waals surface area contributed by atoms with E-state index >= 15 is 0 Å². The van der Waals surface area contributed by atoms with Crippen LogP contribution in [0, 0.1) is 5.92 Å². The number of rotatable bonds is 4. The second kappa shape index (κ2) is 6.13. The summed E-state index contributed by atoms with van der Waals surface area (Å²) in [6.45, 7) is 12.4. The molecule has 1 aromatic rings. The van der Waals surface area contributed by atoms with Gasteiger partial charge in [0.2, 0.25) is 0 Å². The van der Waals surface area contributed by atoms with E-state index in [1.54, 1.807) is 6.08 Å². The van der Waals surface area contributed by atoms with E-state index in [9.17, 15) is 4.79 Å². The molecular formula is C19H23NO. The quantitative estimate of drug-likeness (QED) is 0.801. The van der Waals surface area contributed by atoms with Crippen LogP contribution in [0.1, 0.15) is 39.2 Å². The predicted molar refractivity (Wildman–Crippen MR) is 89.3 cm³/mol. The van der Waals surface area contributed by atoms with Gasteiger partial charge in [0.05, 0.1) is 0 Å². The van der Waals surface area contributed by atoms with Gasteiger partial charge in [-0.3, -0.25) is 4.79 Å². The summed E-state index contributed by atoms with van der Waals surface area (Å²) in [5.74, 6) is 0.827. The van der Waals surface area contributed by atoms with Crippen molar-refractivity contribution in [2.45, 2.75) is 33.6 Å². The molecule has 0 radical (unpaired) electrons. The summed E-state index contributed by atoms with van der Waals surface area (Å²) in [6.07, 6.45) is 3.53. The Morgan fingerprint density at radius 3 is 2.10 bits per heavy atom. The van der Waals surface area contributed by atoms with Crippen molar-refractivity contribution < 1.29 is 4.79 Å². The first-order chi connectivity index (χ1) is 9.88. The zero-order valence-corrected chi connectivity index (χ0v) is 13.2. The number of hydrogen-bond donors (Lipinski definition) is 1. The van der Waals surface area contributed by atoms with Crippen LogP contribution in [-0.2, 0) is 4.79 Å². The minimum absolute atomic E-state index is 0.0271. The second-order valence-electron chi connectivity index (χ2n) is 6.10. The van der Waals surface area contributed by atoms with Crippen molar-refractivity contribution in [3.8, 4) is 0 Å². The molecule has 0 unspecified atom stereocenters. The van der Waals surface area contributed by atoms with Gasteiger partial charge in [-0.2, -0.15) is 0 Å². The molecule has 21 heavy (non-hydrogen) atoms. The number of anilines is 1. The summed E-state index contributed by atoms with van der Waals surface area (Å²) < 4.78 is 0. The summed E-state index contributed by atoms with van der Waals surface area (Å²) in [5, 5.41) is 3.36. The monoisotopic (exact) mass is 281 g/mol. The van der Waals surface area contributed by atoms with Crippen LogP contribution in [0.2, 0.25) is 0 Å². The molecule has 110 valence electrons. The van der Waals surface area contributed by atoms with Crippen LogP contribution in [0.25, 0.3) is 0 Å². The Bertz CT molecular complexity index is 615. The summed E-state index contributed by atoms with van der Waals surface area (Å²) in [4.78, 5) is 11.8. The van der Waals surface area contributed by atoms with Crippen molar-refractivity contribution >= 4 is 11.5 Å². The van der Waals surface area contributed by atoms with Gasteiger partial charge in [-0.15, -0.1) is 0 Å². The highest BCUT2D eigenvalue weighted by Gasteiger charge is 2.18. The Morgan fingerprint density at radius 2 is 1.57 bits per heavy atom. The topological polar surface area (TPSA) is 29.1 Å². The third-order valence-corrected chi connectivity index (χ3v) is 3.71. The maximum absolute atomic E-state index is 11.8. The smallest absolute Gasteiger partial charge is 0.187 e. The lowest BCUT2D eigenvalue weighted by atomic mass is 9.91. The molecule has 1 aliphatic rings. The van der Waals surface area contributed by atoms with E-state index in [-0.39, 0.29) is 5.78 Å². The third kappa shape index (κ3) is 3.52.